The van der Waals surface area contributed by atoms with Gasteiger partial charge < -0.3 is 5.32 Å². The number of nitrogens with one attached hydrogen (secondary N) is 1. The number of aromatic nitrogens is 3. The normalized spacial score (nSPS) is 11.0. The summed E-state index contributed by atoms with van der Waals surface area (Å²) in [6, 6.07) is 7.64. The van der Waals surface area contributed by atoms with E-state index in [1.54, 1.807) is 0 Å². The highest BCUT2D eigenvalue weighted by atomic mass is 35.5. The van der Waals surface area contributed by atoms with Gasteiger partial charge in [0, 0.05) is 24.2 Å². The zero-order chi connectivity index (χ0) is 13.8. The van der Waals surface area contributed by atoms with E-state index in [4.69, 9.17) is 11.6 Å². The first-order valence-electron chi connectivity index (χ1n) is 6.43. The van der Waals surface area contributed by atoms with E-state index in [1.165, 1.54) is 0 Å². The highest BCUT2D eigenvalue weighted by Gasteiger charge is 2.08. The van der Waals surface area contributed by atoms with Crippen LogP contribution in [0.15, 0.2) is 24.3 Å². The lowest BCUT2D eigenvalue weighted by atomic mass is 10.1. The van der Waals surface area contributed by atoms with Crippen molar-refractivity contribution in [1.82, 2.24) is 14.8 Å². The molecule has 2 rings (SSSR count). The number of benzene rings is 1. The van der Waals surface area contributed by atoms with Crippen LogP contribution < -0.4 is 5.32 Å². The van der Waals surface area contributed by atoms with Crippen LogP contribution in [-0.4, -0.2) is 14.8 Å². The second-order valence-corrected chi connectivity index (χ2v) is 5.46. The molecule has 0 radical (unpaired) electrons. The minimum absolute atomic E-state index is 0.569. The van der Waals surface area contributed by atoms with Crippen molar-refractivity contribution < 1.29 is 0 Å². The SMILES string of the molecule is CC(C)Cc1nc(CNc2ccc(Cl)cc2)n(C)n1. The van der Waals surface area contributed by atoms with Crippen LogP contribution in [0.4, 0.5) is 5.69 Å². The summed E-state index contributed by atoms with van der Waals surface area (Å²) in [4.78, 5) is 4.55. The van der Waals surface area contributed by atoms with Gasteiger partial charge in [0.25, 0.3) is 0 Å². The van der Waals surface area contributed by atoms with E-state index in [0.717, 1.165) is 28.8 Å². The molecule has 0 fully saturated rings. The van der Waals surface area contributed by atoms with Crippen LogP contribution in [0.25, 0.3) is 0 Å². The molecule has 0 amide bonds. The topological polar surface area (TPSA) is 42.7 Å². The quantitative estimate of drug-likeness (QED) is 0.913. The molecule has 0 spiro atoms. The monoisotopic (exact) mass is 278 g/mol. The second kappa shape index (κ2) is 6.06. The van der Waals surface area contributed by atoms with Gasteiger partial charge in [-0.15, -0.1) is 0 Å². The Morgan fingerprint density at radius 1 is 1.26 bits per heavy atom. The molecule has 1 aromatic carbocycles. The summed E-state index contributed by atoms with van der Waals surface area (Å²) in [5, 5.41) is 8.47. The highest BCUT2D eigenvalue weighted by Crippen LogP contribution is 2.14. The Hall–Kier alpha value is -1.55. The molecule has 0 unspecified atom stereocenters. The van der Waals surface area contributed by atoms with Crippen molar-refractivity contribution in [1.29, 1.82) is 0 Å². The van der Waals surface area contributed by atoms with E-state index in [2.05, 4.69) is 29.2 Å². The summed E-state index contributed by atoms with van der Waals surface area (Å²) in [6.07, 6.45) is 0.911. The molecule has 0 aliphatic carbocycles. The zero-order valence-electron chi connectivity index (χ0n) is 11.5. The molecule has 0 saturated carbocycles. The lowest BCUT2D eigenvalue weighted by Crippen LogP contribution is -2.06. The number of anilines is 1. The Morgan fingerprint density at radius 2 is 1.95 bits per heavy atom. The number of nitrogens with zero attached hydrogens (tertiary/aromatic N) is 3. The third kappa shape index (κ3) is 3.96. The number of hydrogen-bond donors (Lipinski definition) is 1. The fourth-order valence-electron chi connectivity index (χ4n) is 1.83. The summed E-state index contributed by atoms with van der Waals surface area (Å²) >= 11 is 5.85. The van der Waals surface area contributed by atoms with Gasteiger partial charge in [-0.3, -0.25) is 4.68 Å². The Balaban J connectivity index is 1.99. The molecule has 1 N–H and O–H groups in total. The Bertz CT molecular complexity index is 531. The molecule has 0 saturated heterocycles. The Kier molecular flexibility index (Phi) is 4.43. The van der Waals surface area contributed by atoms with Crippen LogP contribution in [0.2, 0.25) is 5.02 Å². The molecular weight excluding hydrogens is 260 g/mol. The van der Waals surface area contributed by atoms with Gasteiger partial charge in [0.05, 0.1) is 6.54 Å². The standard InChI is InChI=1S/C14H19ClN4/c1-10(2)8-13-17-14(19(3)18-13)9-16-12-6-4-11(15)5-7-12/h4-7,10,16H,8-9H2,1-3H3. The van der Waals surface area contributed by atoms with E-state index >= 15 is 0 Å². The zero-order valence-corrected chi connectivity index (χ0v) is 12.3. The molecule has 4 nitrogen and oxygen atoms in total. The predicted molar refractivity (Wildman–Crippen MR) is 78.3 cm³/mol. The summed E-state index contributed by atoms with van der Waals surface area (Å²) in [6.45, 7) is 4.99. The fraction of sp³-hybridized carbons (Fsp3) is 0.429. The summed E-state index contributed by atoms with van der Waals surface area (Å²) in [5.74, 6) is 2.41. The first kappa shape index (κ1) is 13.9. The van der Waals surface area contributed by atoms with Crippen molar-refractivity contribution in [2.24, 2.45) is 13.0 Å². The van der Waals surface area contributed by atoms with Crippen molar-refractivity contribution in [3.05, 3.63) is 40.9 Å². The van der Waals surface area contributed by atoms with Crippen LogP contribution in [-0.2, 0) is 20.0 Å². The molecule has 102 valence electrons. The largest absolute Gasteiger partial charge is 0.378 e. The number of hydrogen-bond acceptors (Lipinski definition) is 3. The van der Waals surface area contributed by atoms with Crippen molar-refractivity contribution in [2.75, 3.05) is 5.32 Å². The first-order chi connectivity index (χ1) is 9.04. The molecule has 0 bridgehead atoms. The molecular formula is C14H19ClN4. The van der Waals surface area contributed by atoms with E-state index < -0.39 is 0 Å². The third-order valence-electron chi connectivity index (χ3n) is 2.78. The number of rotatable bonds is 5. The van der Waals surface area contributed by atoms with Gasteiger partial charge in [0.15, 0.2) is 5.82 Å². The van der Waals surface area contributed by atoms with Crippen LogP contribution >= 0.6 is 11.6 Å². The highest BCUT2D eigenvalue weighted by molar-refractivity contribution is 6.30. The van der Waals surface area contributed by atoms with Crippen molar-refractivity contribution >= 4 is 17.3 Å². The number of halogens is 1. The molecule has 0 aliphatic rings. The van der Waals surface area contributed by atoms with Gasteiger partial charge in [-0.05, 0) is 30.2 Å². The molecule has 5 heteroatoms. The van der Waals surface area contributed by atoms with E-state index in [9.17, 15) is 0 Å². The summed E-state index contributed by atoms with van der Waals surface area (Å²) in [7, 11) is 1.93. The predicted octanol–water partition coefficient (Wildman–Crippen LogP) is 3.28. The Morgan fingerprint density at radius 3 is 2.58 bits per heavy atom. The lowest BCUT2D eigenvalue weighted by Gasteiger charge is -2.05. The van der Waals surface area contributed by atoms with Crippen molar-refractivity contribution in [3.8, 4) is 0 Å². The summed E-state index contributed by atoms with van der Waals surface area (Å²) < 4.78 is 1.83. The van der Waals surface area contributed by atoms with Gasteiger partial charge in [0.2, 0.25) is 0 Å². The van der Waals surface area contributed by atoms with Crippen LogP contribution in [0.3, 0.4) is 0 Å². The Labute approximate surface area is 118 Å². The summed E-state index contributed by atoms with van der Waals surface area (Å²) in [5.41, 5.74) is 1.03. The third-order valence-corrected chi connectivity index (χ3v) is 3.03. The molecule has 19 heavy (non-hydrogen) atoms. The first-order valence-corrected chi connectivity index (χ1v) is 6.80. The van der Waals surface area contributed by atoms with E-state index in [0.29, 0.717) is 12.5 Å². The molecule has 0 aliphatic heterocycles. The minimum atomic E-state index is 0.569. The van der Waals surface area contributed by atoms with E-state index in [1.807, 2.05) is 36.0 Å². The van der Waals surface area contributed by atoms with Crippen LogP contribution in [0.5, 0.6) is 0 Å². The maximum atomic E-state index is 5.85. The average molecular weight is 279 g/mol. The van der Waals surface area contributed by atoms with Gasteiger partial charge in [0.1, 0.15) is 5.82 Å². The smallest absolute Gasteiger partial charge is 0.151 e. The maximum Gasteiger partial charge on any atom is 0.151 e. The van der Waals surface area contributed by atoms with E-state index in [-0.39, 0.29) is 0 Å². The van der Waals surface area contributed by atoms with Gasteiger partial charge in [-0.2, -0.15) is 5.10 Å². The number of aryl methyl sites for hydroxylation is 1. The van der Waals surface area contributed by atoms with Crippen LogP contribution in [0, 0.1) is 5.92 Å². The fourth-order valence-corrected chi connectivity index (χ4v) is 1.95. The lowest BCUT2D eigenvalue weighted by molar-refractivity contribution is 0.612. The molecule has 1 heterocycles. The molecule has 0 atom stereocenters. The van der Waals surface area contributed by atoms with Crippen molar-refractivity contribution in [3.63, 3.8) is 0 Å². The van der Waals surface area contributed by atoms with Gasteiger partial charge in [-0.1, -0.05) is 25.4 Å². The van der Waals surface area contributed by atoms with Crippen LogP contribution in [0.1, 0.15) is 25.5 Å². The maximum absolute atomic E-state index is 5.85. The molecule has 1 aromatic heterocycles. The molecule has 2 aromatic rings. The second-order valence-electron chi connectivity index (χ2n) is 5.03. The minimum Gasteiger partial charge on any atom is -0.378 e. The average Bonchev–Trinajstić information content (AvgIpc) is 2.68. The van der Waals surface area contributed by atoms with Gasteiger partial charge >= 0.3 is 0 Å². The van der Waals surface area contributed by atoms with Crippen molar-refractivity contribution in [2.45, 2.75) is 26.8 Å². The van der Waals surface area contributed by atoms with Gasteiger partial charge in [-0.25, -0.2) is 4.98 Å².